The van der Waals surface area contributed by atoms with Gasteiger partial charge in [0.05, 0.1) is 22.7 Å². The van der Waals surface area contributed by atoms with E-state index in [0.29, 0.717) is 5.69 Å². The molecule has 150 valence electrons. The largest absolute Gasteiger partial charge is 0.369 e. The van der Waals surface area contributed by atoms with Gasteiger partial charge < -0.3 is 5.73 Å². The van der Waals surface area contributed by atoms with Crippen LogP contribution < -0.4 is 15.8 Å². The minimum absolute atomic E-state index is 0.0538. The highest BCUT2D eigenvalue weighted by Crippen LogP contribution is 2.21. The molecule has 3 rings (SSSR count). The van der Waals surface area contributed by atoms with E-state index in [9.17, 15) is 22.4 Å². The van der Waals surface area contributed by atoms with Gasteiger partial charge in [-0.15, -0.1) is 11.3 Å². The maximum Gasteiger partial charge on any atom is 0.262 e. The number of halogens is 1. The molecule has 0 aliphatic rings. The molecule has 0 atom stereocenters. The Morgan fingerprint density at radius 3 is 2.62 bits per heavy atom. The quantitative estimate of drug-likeness (QED) is 0.525. The number of hydrogen-bond acceptors (Lipinski definition) is 6. The van der Waals surface area contributed by atoms with Crippen molar-refractivity contribution in [2.75, 3.05) is 10.0 Å². The summed E-state index contributed by atoms with van der Waals surface area (Å²) in [6.45, 7) is 0. The monoisotopic (exact) mass is 434 g/mol. The van der Waals surface area contributed by atoms with Crippen molar-refractivity contribution in [3.8, 4) is 0 Å². The van der Waals surface area contributed by atoms with Crippen LogP contribution in [0.4, 0.5) is 15.2 Å². The lowest BCUT2D eigenvalue weighted by Crippen LogP contribution is -2.16. The number of carbonyl (C=O) groups is 2. The van der Waals surface area contributed by atoms with E-state index >= 15 is 0 Å². The molecule has 3 aromatic rings. The van der Waals surface area contributed by atoms with Gasteiger partial charge in [-0.1, -0.05) is 18.2 Å². The molecule has 0 unspecified atom stereocenters. The van der Waals surface area contributed by atoms with Gasteiger partial charge >= 0.3 is 0 Å². The van der Waals surface area contributed by atoms with Crippen molar-refractivity contribution in [2.45, 2.75) is 11.3 Å². The number of nitrogens with one attached hydrogen (secondary N) is 2. The Morgan fingerprint density at radius 1 is 1.14 bits per heavy atom. The second-order valence-electron chi connectivity index (χ2n) is 5.85. The number of nitrogens with zero attached hydrogens (tertiary/aromatic N) is 1. The van der Waals surface area contributed by atoms with E-state index in [4.69, 9.17) is 5.73 Å². The fourth-order valence-electron chi connectivity index (χ4n) is 2.35. The third-order valence-electron chi connectivity index (χ3n) is 3.65. The Balaban J connectivity index is 1.78. The fraction of sp³-hybridized carbons (Fsp3) is 0.0556. The highest BCUT2D eigenvalue weighted by molar-refractivity contribution is 7.92. The molecule has 1 heterocycles. The molecule has 2 aromatic carbocycles. The summed E-state index contributed by atoms with van der Waals surface area (Å²) in [6, 6.07) is 10.6. The summed E-state index contributed by atoms with van der Waals surface area (Å²) in [4.78, 5) is 27.2. The van der Waals surface area contributed by atoms with E-state index in [0.717, 1.165) is 23.5 Å². The number of hydrogen-bond donors (Lipinski definition) is 3. The first-order valence-corrected chi connectivity index (χ1v) is 10.5. The predicted molar refractivity (Wildman–Crippen MR) is 107 cm³/mol. The number of nitrogens with two attached hydrogens (primary N) is 1. The summed E-state index contributed by atoms with van der Waals surface area (Å²) >= 11 is 1.10. The number of aromatic nitrogens is 1. The summed E-state index contributed by atoms with van der Waals surface area (Å²) in [5.41, 5.74) is 5.38. The summed E-state index contributed by atoms with van der Waals surface area (Å²) in [5.74, 6) is -1.86. The molecule has 0 radical (unpaired) electrons. The molecule has 0 aliphatic heterocycles. The number of anilines is 2. The first kappa shape index (κ1) is 20.4. The van der Waals surface area contributed by atoms with Crippen molar-refractivity contribution in [2.24, 2.45) is 5.73 Å². The van der Waals surface area contributed by atoms with Gasteiger partial charge in [-0.25, -0.2) is 17.8 Å². The third-order valence-corrected chi connectivity index (χ3v) is 5.82. The SMILES string of the molecule is NC(=O)Cc1csc(NC(=O)c2cccc(S(=O)(=O)Nc3ccccc3F)c2)n1. The van der Waals surface area contributed by atoms with Crippen LogP contribution in [0.3, 0.4) is 0 Å². The van der Waals surface area contributed by atoms with Crippen molar-refractivity contribution < 1.29 is 22.4 Å². The van der Waals surface area contributed by atoms with Crippen LogP contribution in [0.2, 0.25) is 0 Å². The zero-order valence-electron chi connectivity index (χ0n) is 14.8. The molecule has 4 N–H and O–H groups in total. The van der Waals surface area contributed by atoms with Crippen LogP contribution in [-0.4, -0.2) is 25.2 Å². The molecule has 8 nitrogen and oxygen atoms in total. The Labute approximate surface area is 169 Å². The van der Waals surface area contributed by atoms with Gasteiger partial charge in [-0.05, 0) is 30.3 Å². The average Bonchev–Trinajstić information content (AvgIpc) is 3.09. The number of carbonyl (C=O) groups excluding carboxylic acids is 2. The van der Waals surface area contributed by atoms with Crippen molar-refractivity contribution in [1.82, 2.24) is 4.98 Å². The zero-order chi connectivity index (χ0) is 21.0. The van der Waals surface area contributed by atoms with E-state index in [1.165, 1.54) is 36.4 Å². The Hall–Kier alpha value is -3.31. The minimum Gasteiger partial charge on any atom is -0.369 e. The van der Waals surface area contributed by atoms with Crippen molar-refractivity contribution in [3.05, 3.63) is 71.0 Å². The molecule has 0 spiro atoms. The van der Waals surface area contributed by atoms with E-state index in [1.807, 2.05) is 0 Å². The number of para-hydroxylation sites is 1. The Bertz CT molecular complexity index is 1180. The van der Waals surface area contributed by atoms with E-state index < -0.39 is 27.7 Å². The molecule has 2 amide bonds. The van der Waals surface area contributed by atoms with E-state index in [2.05, 4.69) is 15.0 Å². The number of primary amides is 1. The first-order valence-electron chi connectivity index (χ1n) is 8.16. The smallest absolute Gasteiger partial charge is 0.262 e. The van der Waals surface area contributed by atoms with E-state index in [1.54, 1.807) is 5.38 Å². The Morgan fingerprint density at radius 2 is 1.90 bits per heavy atom. The Kier molecular flexibility index (Phi) is 5.89. The van der Waals surface area contributed by atoms with Crippen LogP contribution in [0.5, 0.6) is 0 Å². The molecule has 0 saturated carbocycles. The molecule has 0 aliphatic carbocycles. The van der Waals surface area contributed by atoms with Gasteiger partial charge in [0.15, 0.2) is 5.13 Å². The summed E-state index contributed by atoms with van der Waals surface area (Å²) in [5, 5.41) is 4.35. The van der Waals surface area contributed by atoms with Gasteiger partial charge in [0, 0.05) is 10.9 Å². The molecular weight excluding hydrogens is 419 g/mol. The molecule has 0 fully saturated rings. The number of rotatable bonds is 7. The number of benzene rings is 2. The van der Waals surface area contributed by atoms with Gasteiger partial charge in [0.1, 0.15) is 5.82 Å². The third kappa shape index (κ3) is 5.15. The van der Waals surface area contributed by atoms with Crippen molar-refractivity contribution in [1.29, 1.82) is 0 Å². The van der Waals surface area contributed by atoms with Crippen LogP contribution in [0, 0.1) is 5.82 Å². The molecule has 11 heteroatoms. The first-order chi connectivity index (χ1) is 13.7. The topological polar surface area (TPSA) is 131 Å². The van der Waals surface area contributed by atoms with Crippen LogP contribution in [-0.2, 0) is 21.2 Å². The molecule has 29 heavy (non-hydrogen) atoms. The van der Waals surface area contributed by atoms with Crippen LogP contribution in [0.15, 0.2) is 58.8 Å². The molecule has 0 saturated heterocycles. The zero-order valence-corrected chi connectivity index (χ0v) is 16.4. The summed E-state index contributed by atoms with van der Waals surface area (Å²) in [7, 11) is -4.11. The lowest BCUT2D eigenvalue weighted by atomic mass is 10.2. The van der Waals surface area contributed by atoms with Gasteiger partial charge in [0.25, 0.3) is 15.9 Å². The maximum absolute atomic E-state index is 13.7. The van der Waals surface area contributed by atoms with Gasteiger partial charge in [-0.2, -0.15) is 0 Å². The summed E-state index contributed by atoms with van der Waals surface area (Å²) < 4.78 is 41.0. The predicted octanol–water partition coefficient (Wildman–Crippen LogP) is 2.36. The van der Waals surface area contributed by atoms with Crippen LogP contribution in [0.1, 0.15) is 16.1 Å². The molecule has 0 bridgehead atoms. The normalized spacial score (nSPS) is 11.1. The molecular formula is C18H15FN4O4S2. The van der Waals surface area contributed by atoms with Crippen LogP contribution in [0.25, 0.3) is 0 Å². The van der Waals surface area contributed by atoms with Crippen LogP contribution >= 0.6 is 11.3 Å². The maximum atomic E-state index is 13.7. The van der Waals surface area contributed by atoms with Crippen molar-refractivity contribution in [3.63, 3.8) is 0 Å². The average molecular weight is 434 g/mol. The summed E-state index contributed by atoms with van der Waals surface area (Å²) in [6.07, 6.45) is -0.0538. The number of thiazole rings is 1. The lowest BCUT2D eigenvalue weighted by molar-refractivity contribution is -0.117. The number of amides is 2. The second-order valence-corrected chi connectivity index (χ2v) is 8.39. The fourth-order valence-corrected chi connectivity index (χ4v) is 4.16. The standard InChI is InChI=1S/C18H15FN4O4S2/c19-14-6-1-2-7-15(14)23-29(26,27)13-5-3-4-11(8-13)17(25)22-18-21-12(10-28-18)9-16(20)24/h1-8,10,23H,9H2,(H2,20,24)(H,21,22,25). The molecule has 1 aromatic heterocycles. The minimum atomic E-state index is -4.11. The number of sulfonamides is 1. The lowest BCUT2D eigenvalue weighted by Gasteiger charge is -2.10. The van der Waals surface area contributed by atoms with Crippen molar-refractivity contribution >= 4 is 44.0 Å². The van der Waals surface area contributed by atoms with Gasteiger partial charge in [-0.3, -0.25) is 19.6 Å². The highest BCUT2D eigenvalue weighted by atomic mass is 32.2. The van der Waals surface area contributed by atoms with E-state index in [-0.39, 0.29) is 27.7 Å². The second kappa shape index (κ2) is 8.37. The van der Waals surface area contributed by atoms with Gasteiger partial charge in [0.2, 0.25) is 5.91 Å². The highest BCUT2D eigenvalue weighted by Gasteiger charge is 2.18.